The van der Waals surface area contributed by atoms with Crippen LogP contribution in [0.4, 0.5) is 4.79 Å². The molecule has 3 nitrogen and oxygen atoms in total. The zero-order valence-corrected chi connectivity index (χ0v) is 8.12. The van der Waals surface area contributed by atoms with Crippen molar-refractivity contribution in [3.63, 3.8) is 0 Å². The van der Waals surface area contributed by atoms with Crippen LogP contribution in [-0.4, -0.2) is 12.1 Å². The lowest BCUT2D eigenvalue weighted by atomic mass is 10.2. The Bertz CT molecular complexity index is 328. The number of carbonyl (C=O) groups is 1. The highest BCUT2D eigenvalue weighted by Crippen LogP contribution is 2.19. The number of rotatable bonds is 2. The Hall–Kier alpha value is -1.51. The van der Waals surface area contributed by atoms with Crippen LogP contribution < -0.4 is 10.1 Å². The molecule has 1 saturated carbocycles. The first-order chi connectivity index (χ1) is 6.74. The van der Waals surface area contributed by atoms with Gasteiger partial charge in [0.05, 0.1) is 0 Å². The van der Waals surface area contributed by atoms with Crippen LogP contribution in [0.15, 0.2) is 24.3 Å². The van der Waals surface area contributed by atoms with Gasteiger partial charge in [-0.3, -0.25) is 0 Å². The molecule has 3 heteroatoms. The average molecular weight is 191 g/mol. The maximum Gasteiger partial charge on any atom is 0.412 e. The Balaban J connectivity index is 1.89. The lowest BCUT2D eigenvalue weighted by Gasteiger charge is -2.05. The van der Waals surface area contributed by atoms with Crippen molar-refractivity contribution in [3.05, 3.63) is 29.8 Å². The molecular formula is C11H13NO2. The molecule has 1 aromatic rings. The van der Waals surface area contributed by atoms with Gasteiger partial charge in [0.25, 0.3) is 0 Å². The molecule has 0 aliphatic heterocycles. The summed E-state index contributed by atoms with van der Waals surface area (Å²) < 4.78 is 5.07. The fourth-order valence-corrected chi connectivity index (χ4v) is 1.14. The molecule has 0 spiro atoms. The summed E-state index contributed by atoms with van der Waals surface area (Å²) in [5.41, 5.74) is 1.15. The molecular weight excluding hydrogens is 178 g/mol. The molecule has 0 atom stereocenters. The molecule has 0 aromatic heterocycles. The van der Waals surface area contributed by atoms with Crippen LogP contribution in [0.3, 0.4) is 0 Å². The molecule has 1 amide bonds. The standard InChI is InChI=1S/C11H13NO2/c1-8-2-6-10(7-3-8)14-11(13)12-9-4-5-9/h2-3,6-7,9H,4-5H2,1H3,(H,12,13). The maximum atomic E-state index is 11.2. The van der Waals surface area contributed by atoms with Gasteiger partial charge in [-0.15, -0.1) is 0 Å². The van der Waals surface area contributed by atoms with Crippen molar-refractivity contribution >= 4 is 6.09 Å². The molecule has 0 bridgehead atoms. The minimum Gasteiger partial charge on any atom is -0.410 e. The molecule has 1 aromatic carbocycles. The third-order valence-corrected chi connectivity index (χ3v) is 2.13. The Labute approximate surface area is 83.1 Å². The highest BCUT2D eigenvalue weighted by molar-refractivity contribution is 5.71. The third-order valence-electron chi connectivity index (χ3n) is 2.13. The molecule has 1 N–H and O–H groups in total. The van der Waals surface area contributed by atoms with Gasteiger partial charge in [0, 0.05) is 6.04 Å². The summed E-state index contributed by atoms with van der Waals surface area (Å²) in [5, 5.41) is 2.76. The van der Waals surface area contributed by atoms with Crippen LogP contribution in [0, 0.1) is 6.92 Å². The minimum atomic E-state index is -0.351. The van der Waals surface area contributed by atoms with E-state index in [1.165, 1.54) is 0 Å². The van der Waals surface area contributed by atoms with Crippen molar-refractivity contribution in [3.8, 4) is 5.75 Å². The molecule has 0 unspecified atom stereocenters. The fraction of sp³-hybridized carbons (Fsp3) is 0.364. The zero-order chi connectivity index (χ0) is 9.97. The molecule has 0 saturated heterocycles. The fourth-order valence-electron chi connectivity index (χ4n) is 1.14. The second-order valence-electron chi connectivity index (χ2n) is 3.62. The van der Waals surface area contributed by atoms with Crippen molar-refractivity contribution in [1.29, 1.82) is 0 Å². The summed E-state index contributed by atoms with van der Waals surface area (Å²) >= 11 is 0. The van der Waals surface area contributed by atoms with Crippen molar-refractivity contribution in [2.24, 2.45) is 0 Å². The van der Waals surface area contributed by atoms with Crippen LogP contribution in [0.2, 0.25) is 0 Å². The highest BCUT2D eigenvalue weighted by atomic mass is 16.6. The molecule has 1 aliphatic carbocycles. The number of benzene rings is 1. The molecule has 74 valence electrons. The van der Waals surface area contributed by atoms with E-state index in [0.29, 0.717) is 11.8 Å². The quantitative estimate of drug-likeness (QED) is 0.778. The first-order valence-corrected chi connectivity index (χ1v) is 4.79. The van der Waals surface area contributed by atoms with Crippen LogP contribution in [0.1, 0.15) is 18.4 Å². The van der Waals surface area contributed by atoms with Crippen LogP contribution >= 0.6 is 0 Å². The van der Waals surface area contributed by atoms with Gasteiger partial charge in [0.2, 0.25) is 0 Å². The van der Waals surface area contributed by atoms with E-state index in [0.717, 1.165) is 18.4 Å². The molecule has 2 rings (SSSR count). The van der Waals surface area contributed by atoms with E-state index < -0.39 is 0 Å². The van der Waals surface area contributed by atoms with Crippen LogP contribution in [-0.2, 0) is 0 Å². The van der Waals surface area contributed by atoms with Gasteiger partial charge < -0.3 is 10.1 Å². The molecule has 14 heavy (non-hydrogen) atoms. The first-order valence-electron chi connectivity index (χ1n) is 4.79. The highest BCUT2D eigenvalue weighted by Gasteiger charge is 2.23. The number of nitrogens with one attached hydrogen (secondary N) is 1. The lowest BCUT2D eigenvalue weighted by Crippen LogP contribution is -2.28. The Kier molecular flexibility index (Phi) is 2.39. The van der Waals surface area contributed by atoms with Crippen LogP contribution in [0.25, 0.3) is 0 Å². The smallest absolute Gasteiger partial charge is 0.410 e. The monoisotopic (exact) mass is 191 g/mol. The number of amides is 1. The second-order valence-corrected chi connectivity index (χ2v) is 3.62. The molecule has 0 radical (unpaired) electrons. The Morgan fingerprint density at radius 1 is 1.36 bits per heavy atom. The van der Waals surface area contributed by atoms with E-state index in [-0.39, 0.29) is 6.09 Å². The predicted octanol–water partition coefficient (Wildman–Crippen LogP) is 2.25. The van der Waals surface area contributed by atoms with Gasteiger partial charge in [0.1, 0.15) is 5.75 Å². The summed E-state index contributed by atoms with van der Waals surface area (Å²) in [5.74, 6) is 0.591. The summed E-state index contributed by atoms with van der Waals surface area (Å²) in [4.78, 5) is 11.2. The van der Waals surface area contributed by atoms with Crippen molar-refractivity contribution in [2.45, 2.75) is 25.8 Å². The van der Waals surface area contributed by atoms with E-state index in [4.69, 9.17) is 4.74 Å². The second kappa shape index (κ2) is 3.70. The average Bonchev–Trinajstić information content (AvgIpc) is 2.93. The molecule has 0 heterocycles. The molecule has 1 fully saturated rings. The van der Waals surface area contributed by atoms with E-state index >= 15 is 0 Å². The number of aryl methyl sites for hydroxylation is 1. The first kappa shape index (κ1) is 9.06. The largest absolute Gasteiger partial charge is 0.412 e. The van der Waals surface area contributed by atoms with Gasteiger partial charge >= 0.3 is 6.09 Å². The lowest BCUT2D eigenvalue weighted by molar-refractivity contribution is 0.200. The van der Waals surface area contributed by atoms with Gasteiger partial charge in [-0.1, -0.05) is 17.7 Å². The number of hydrogen-bond donors (Lipinski definition) is 1. The maximum absolute atomic E-state index is 11.2. The number of ether oxygens (including phenoxy) is 1. The molecule has 1 aliphatic rings. The summed E-state index contributed by atoms with van der Waals surface area (Å²) in [6, 6.07) is 7.76. The number of hydrogen-bond acceptors (Lipinski definition) is 2. The van der Waals surface area contributed by atoms with Gasteiger partial charge in [-0.25, -0.2) is 4.79 Å². The van der Waals surface area contributed by atoms with Gasteiger partial charge in [-0.2, -0.15) is 0 Å². The van der Waals surface area contributed by atoms with Gasteiger partial charge in [0.15, 0.2) is 0 Å². The Morgan fingerprint density at radius 2 is 2.00 bits per heavy atom. The number of carbonyl (C=O) groups excluding carboxylic acids is 1. The van der Waals surface area contributed by atoms with E-state index in [2.05, 4.69) is 5.32 Å². The topological polar surface area (TPSA) is 38.3 Å². The van der Waals surface area contributed by atoms with Crippen molar-refractivity contribution in [1.82, 2.24) is 5.32 Å². The summed E-state index contributed by atoms with van der Waals surface area (Å²) in [6.07, 6.45) is 1.79. The Morgan fingerprint density at radius 3 is 2.57 bits per heavy atom. The zero-order valence-electron chi connectivity index (χ0n) is 8.12. The van der Waals surface area contributed by atoms with Crippen LogP contribution in [0.5, 0.6) is 5.75 Å². The summed E-state index contributed by atoms with van der Waals surface area (Å²) in [7, 11) is 0. The minimum absolute atomic E-state index is 0.341. The van der Waals surface area contributed by atoms with E-state index in [1.54, 1.807) is 12.1 Å². The van der Waals surface area contributed by atoms with Crippen molar-refractivity contribution < 1.29 is 9.53 Å². The third kappa shape index (κ3) is 2.49. The normalized spacial score (nSPS) is 14.9. The van der Waals surface area contributed by atoms with Gasteiger partial charge in [-0.05, 0) is 31.9 Å². The predicted molar refractivity (Wildman–Crippen MR) is 53.4 cm³/mol. The SMILES string of the molecule is Cc1ccc(OC(=O)NC2CC2)cc1. The van der Waals surface area contributed by atoms with E-state index in [9.17, 15) is 4.79 Å². The van der Waals surface area contributed by atoms with E-state index in [1.807, 2.05) is 19.1 Å². The summed E-state index contributed by atoms with van der Waals surface area (Å²) in [6.45, 7) is 1.99. The van der Waals surface area contributed by atoms with Crippen molar-refractivity contribution in [2.75, 3.05) is 0 Å².